The molecule has 0 saturated carbocycles. The van der Waals surface area contributed by atoms with Gasteiger partial charge in [0.15, 0.2) is 5.16 Å². The third kappa shape index (κ3) is 4.05. The molecule has 0 aliphatic carbocycles. The Morgan fingerprint density at radius 2 is 1.73 bits per heavy atom. The highest BCUT2D eigenvalue weighted by Gasteiger charge is 2.19. The second-order valence-corrected chi connectivity index (χ2v) is 7.29. The highest BCUT2D eigenvalue weighted by Crippen LogP contribution is 2.27. The zero-order valence-corrected chi connectivity index (χ0v) is 16.4. The van der Waals surface area contributed by atoms with Crippen LogP contribution < -0.4 is 5.32 Å². The van der Waals surface area contributed by atoms with Crippen molar-refractivity contribution in [1.82, 2.24) is 19.7 Å². The summed E-state index contributed by atoms with van der Waals surface area (Å²) in [5, 5.41) is 8.02. The van der Waals surface area contributed by atoms with E-state index < -0.39 is 0 Å². The molecule has 134 valence electrons. The van der Waals surface area contributed by atoms with E-state index in [0.29, 0.717) is 27.3 Å². The van der Waals surface area contributed by atoms with Gasteiger partial charge in [-0.15, -0.1) is 0 Å². The van der Waals surface area contributed by atoms with Crippen LogP contribution in [0.4, 0.5) is 5.69 Å². The van der Waals surface area contributed by atoms with Crippen LogP contribution in [0.25, 0.3) is 0 Å². The van der Waals surface area contributed by atoms with Gasteiger partial charge in [-0.3, -0.25) is 9.48 Å². The molecule has 1 aromatic carbocycles. The molecule has 0 unspecified atom stereocenters. The number of nitrogens with zero attached hydrogens (tertiary/aromatic N) is 4. The maximum Gasteiger partial charge on any atom is 0.260 e. The molecule has 1 amide bonds. The molecule has 2 heterocycles. The van der Waals surface area contributed by atoms with Crippen LogP contribution in [0.3, 0.4) is 0 Å². The van der Waals surface area contributed by atoms with Crippen molar-refractivity contribution in [3.8, 4) is 0 Å². The lowest BCUT2D eigenvalue weighted by molar-refractivity contribution is 0.102. The summed E-state index contributed by atoms with van der Waals surface area (Å²) >= 11 is 7.62. The van der Waals surface area contributed by atoms with Gasteiger partial charge in [-0.2, -0.15) is 5.10 Å². The van der Waals surface area contributed by atoms with Crippen LogP contribution in [0.1, 0.15) is 27.4 Å². The van der Waals surface area contributed by atoms with Crippen LogP contribution in [-0.2, 0) is 7.05 Å². The van der Waals surface area contributed by atoms with Crippen molar-refractivity contribution in [2.45, 2.75) is 30.8 Å². The Labute approximate surface area is 161 Å². The van der Waals surface area contributed by atoms with Crippen molar-refractivity contribution in [3.05, 3.63) is 58.1 Å². The average molecular weight is 388 g/mol. The lowest BCUT2D eigenvalue weighted by Gasteiger charge is -2.07. The third-order valence-corrected chi connectivity index (χ3v) is 4.97. The fraction of sp³-hybridized carbons (Fsp3) is 0.222. The van der Waals surface area contributed by atoms with E-state index in [1.54, 1.807) is 14.0 Å². The summed E-state index contributed by atoms with van der Waals surface area (Å²) in [6.45, 7) is 5.65. The van der Waals surface area contributed by atoms with Crippen molar-refractivity contribution < 1.29 is 4.79 Å². The molecule has 0 fully saturated rings. The van der Waals surface area contributed by atoms with Gasteiger partial charge in [0.2, 0.25) is 0 Å². The highest BCUT2D eigenvalue weighted by atomic mass is 35.5. The number of carbonyl (C=O) groups excluding carboxylic acids is 1. The zero-order valence-electron chi connectivity index (χ0n) is 14.9. The fourth-order valence-corrected chi connectivity index (χ4v) is 3.66. The first-order valence-electron chi connectivity index (χ1n) is 7.94. The largest absolute Gasteiger partial charge is 0.322 e. The molecule has 1 N–H and O–H groups in total. The van der Waals surface area contributed by atoms with Crippen molar-refractivity contribution in [3.63, 3.8) is 0 Å². The second kappa shape index (κ2) is 7.47. The summed E-state index contributed by atoms with van der Waals surface area (Å²) in [4.78, 5) is 22.3. The van der Waals surface area contributed by atoms with Gasteiger partial charge in [0.25, 0.3) is 5.91 Å². The lowest BCUT2D eigenvalue weighted by atomic mass is 10.2. The Hall–Kier alpha value is -2.38. The summed E-state index contributed by atoms with van der Waals surface area (Å²) in [7, 11) is 1.70. The van der Waals surface area contributed by atoms with Gasteiger partial charge >= 0.3 is 0 Å². The van der Waals surface area contributed by atoms with E-state index >= 15 is 0 Å². The molecule has 0 radical (unpaired) electrons. The predicted molar refractivity (Wildman–Crippen MR) is 103 cm³/mol. The number of hydrogen-bond donors (Lipinski definition) is 1. The van der Waals surface area contributed by atoms with E-state index in [9.17, 15) is 4.79 Å². The number of aryl methyl sites for hydroxylation is 4. The average Bonchev–Trinajstić information content (AvgIpc) is 2.81. The van der Waals surface area contributed by atoms with Crippen LogP contribution in [0.5, 0.6) is 0 Å². The molecule has 0 saturated heterocycles. The van der Waals surface area contributed by atoms with E-state index in [0.717, 1.165) is 16.3 Å². The van der Waals surface area contributed by atoms with E-state index in [1.807, 2.05) is 44.2 Å². The molecule has 3 rings (SSSR count). The van der Waals surface area contributed by atoms with Gasteiger partial charge in [-0.25, -0.2) is 9.97 Å². The van der Waals surface area contributed by atoms with Crippen LogP contribution in [0.2, 0.25) is 5.15 Å². The number of hydrogen-bond acceptors (Lipinski definition) is 5. The minimum atomic E-state index is -0.279. The van der Waals surface area contributed by atoms with Gasteiger partial charge in [-0.05, 0) is 62.9 Å². The Morgan fingerprint density at radius 1 is 1.12 bits per heavy atom. The van der Waals surface area contributed by atoms with E-state index in [4.69, 9.17) is 11.6 Å². The summed E-state index contributed by atoms with van der Waals surface area (Å²) in [6.07, 6.45) is 0. The lowest BCUT2D eigenvalue weighted by Crippen LogP contribution is -2.13. The van der Waals surface area contributed by atoms with Crippen molar-refractivity contribution in [2.24, 2.45) is 7.05 Å². The monoisotopic (exact) mass is 387 g/mol. The molecule has 0 aliphatic rings. The molecule has 2 aromatic heterocycles. The van der Waals surface area contributed by atoms with Crippen LogP contribution in [0, 0.1) is 20.8 Å². The molecule has 0 bridgehead atoms. The zero-order chi connectivity index (χ0) is 18.8. The highest BCUT2D eigenvalue weighted by molar-refractivity contribution is 7.99. The fourth-order valence-electron chi connectivity index (χ4n) is 2.53. The number of rotatable bonds is 4. The van der Waals surface area contributed by atoms with Gasteiger partial charge in [0.05, 0.1) is 11.3 Å². The number of anilines is 1. The number of halogens is 1. The van der Waals surface area contributed by atoms with Gasteiger partial charge in [0.1, 0.15) is 5.15 Å². The van der Waals surface area contributed by atoms with Crippen molar-refractivity contribution in [2.75, 3.05) is 5.32 Å². The smallest absolute Gasteiger partial charge is 0.260 e. The molecule has 8 heteroatoms. The van der Waals surface area contributed by atoms with E-state index in [2.05, 4.69) is 20.4 Å². The van der Waals surface area contributed by atoms with E-state index in [1.165, 1.54) is 16.4 Å². The quantitative estimate of drug-likeness (QED) is 0.679. The number of benzene rings is 1. The topological polar surface area (TPSA) is 72.7 Å². The van der Waals surface area contributed by atoms with Crippen LogP contribution in [0.15, 0.2) is 40.4 Å². The maximum atomic E-state index is 12.4. The first-order chi connectivity index (χ1) is 12.3. The number of amides is 1. The molecular formula is C18H18ClN5OS. The summed E-state index contributed by atoms with van der Waals surface area (Å²) in [5.41, 5.74) is 3.53. The molecule has 26 heavy (non-hydrogen) atoms. The summed E-state index contributed by atoms with van der Waals surface area (Å²) < 4.78 is 1.48. The number of aromatic nitrogens is 4. The minimum Gasteiger partial charge on any atom is -0.322 e. The first-order valence-corrected chi connectivity index (χ1v) is 9.13. The first kappa shape index (κ1) is 18.4. The maximum absolute atomic E-state index is 12.4. The van der Waals surface area contributed by atoms with Crippen molar-refractivity contribution >= 4 is 35.0 Å². The van der Waals surface area contributed by atoms with Gasteiger partial charge < -0.3 is 5.32 Å². The standard InChI is InChI=1S/C18H18ClN5OS/c1-10-9-11(2)21-18(20-10)26-14-7-5-13(6-8-14)22-17(25)15-12(3)23-24(4)16(15)19/h5-9H,1-4H3,(H,22,25). The molecule has 0 atom stereocenters. The normalized spacial score (nSPS) is 10.8. The Kier molecular flexibility index (Phi) is 5.29. The molecule has 0 spiro atoms. The second-order valence-electron chi connectivity index (χ2n) is 5.89. The van der Waals surface area contributed by atoms with Crippen molar-refractivity contribution in [1.29, 1.82) is 0 Å². The van der Waals surface area contributed by atoms with Gasteiger partial charge in [-0.1, -0.05) is 11.6 Å². The Balaban J connectivity index is 1.72. The number of carbonyl (C=O) groups is 1. The molecule has 3 aromatic rings. The minimum absolute atomic E-state index is 0.279. The Morgan fingerprint density at radius 3 is 2.27 bits per heavy atom. The summed E-state index contributed by atoms with van der Waals surface area (Å²) in [5.74, 6) is -0.279. The predicted octanol–water partition coefficient (Wildman–Crippen LogP) is 4.19. The Bertz CT molecular complexity index is 948. The molecule has 6 nitrogen and oxygen atoms in total. The van der Waals surface area contributed by atoms with Gasteiger partial charge in [0, 0.05) is 29.0 Å². The van der Waals surface area contributed by atoms with E-state index in [-0.39, 0.29) is 5.91 Å². The van der Waals surface area contributed by atoms with Crippen LogP contribution >= 0.6 is 23.4 Å². The summed E-state index contributed by atoms with van der Waals surface area (Å²) in [6, 6.07) is 9.44. The molecular weight excluding hydrogens is 370 g/mol. The number of nitrogens with one attached hydrogen (secondary N) is 1. The third-order valence-electron chi connectivity index (χ3n) is 3.66. The van der Waals surface area contributed by atoms with Crippen LogP contribution in [-0.4, -0.2) is 25.7 Å². The molecule has 0 aliphatic heterocycles. The SMILES string of the molecule is Cc1cc(C)nc(Sc2ccc(NC(=O)c3c(C)nn(C)c3Cl)cc2)n1.